The van der Waals surface area contributed by atoms with Crippen molar-refractivity contribution in [1.82, 2.24) is 24.7 Å². The van der Waals surface area contributed by atoms with Crippen molar-refractivity contribution in [2.75, 3.05) is 20.3 Å². The third-order valence-corrected chi connectivity index (χ3v) is 7.15. The number of aliphatic hydroxyl groups excluding tert-OH is 1. The Hall–Kier alpha value is -3.58. The number of aliphatic hydroxyl groups is 1. The van der Waals surface area contributed by atoms with Crippen LogP contribution in [0.15, 0.2) is 30.5 Å². The molecule has 0 bridgehead atoms. The Morgan fingerprint density at radius 3 is 2.49 bits per heavy atom. The van der Waals surface area contributed by atoms with Gasteiger partial charge < -0.3 is 15.2 Å². The van der Waals surface area contributed by atoms with Crippen LogP contribution in [0.3, 0.4) is 0 Å². The van der Waals surface area contributed by atoms with Crippen LogP contribution in [0.5, 0.6) is 5.75 Å². The van der Waals surface area contributed by atoms with Crippen molar-refractivity contribution >= 4 is 5.52 Å². The molecule has 0 fully saturated rings. The molecule has 1 unspecified atom stereocenters. The van der Waals surface area contributed by atoms with E-state index >= 15 is 4.39 Å². The SMILES string of the molecule is CNCc1cnn2c(C(F)(F)F)cc(-c3ccc(F)c(F)c3OCCc3c(C(O)C(C)(C)CF)nn(C)c3C)cc12. The van der Waals surface area contributed by atoms with Crippen LogP contribution < -0.4 is 10.1 Å². The topological polar surface area (TPSA) is 76.6 Å². The largest absolute Gasteiger partial charge is 0.489 e. The summed E-state index contributed by atoms with van der Waals surface area (Å²) in [4.78, 5) is 0. The average Bonchev–Trinajstić information content (AvgIpc) is 3.45. The monoisotopic (exact) mass is 583 g/mol. The Bertz CT molecular complexity index is 1560. The molecular formula is C28H31F6N5O2. The highest BCUT2D eigenvalue weighted by atomic mass is 19.4. The lowest BCUT2D eigenvalue weighted by Crippen LogP contribution is -2.25. The fourth-order valence-corrected chi connectivity index (χ4v) is 4.62. The molecule has 1 atom stereocenters. The van der Waals surface area contributed by atoms with Crippen molar-refractivity contribution < 1.29 is 36.2 Å². The van der Waals surface area contributed by atoms with Crippen LogP contribution in [0.1, 0.15) is 48.2 Å². The summed E-state index contributed by atoms with van der Waals surface area (Å²) in [6.07, 6.45) is -4.66. The number of hydrogen-bond donors (Lipinski definition) is 2. The normalized spacial score (nSPS) is 13.3. The molecule has 7 nitrogen and oxygen atoms in total. The number of halogens is 6. The van der Waals surface area contributed by atoms with Gasteiger partial charge in [0, 0.05) is 47.8 Å². The van der Waals surface area contributed by atoms with Gasteiger partial charge in [-0.3, -0.25) is 9.07 Å². The lowest BCUT2D eigenvalue weighted by molar-refractivity contribution is -0.142. The van der Waals surface area contributed by atoms with Crippen LogP contribution in [0.25, 0.3) is 16.6 Å². The summed E-state index contributed by atoms with van der Waals surface area (Å²) < 4.78 is 93.0. The molecule has 0 saturated carbocycles. The molecular weight excluding hydrogens is 552 g/mol. The maximum atomic E-state index is 15.1. The molecule has 41 heavy (non-hydrogen) atoms. The lowest BCUT2D eigenvalue weighted by Gasteiger charge is -2.26. The van der Waals surface area contributed by atoms with Gasteiger partial charge in [-0.15, -0.1) is 0 Å². The van der Waals surface area contributed by atoms with E-state index in [1.807, 2.05) is 0 Å². The van der Waals surface area contributed by atoms with Gasteiger partial charge in [0.05, 0.1) is 30.7 Å². The highest BCUT2D eigenvalue weighted by molar-refractivity contribution is 5.76. The van der Waals surface area contributed by atoms with Crippen molar-refractivity contribution in [2.45, 2.75) is 46.0 Å². The van der Waals surface area contributed by atoms with Gasteiger partial charge >= 0.3 is 6.18 Å². The Morgan fingerprint density at radius 2 is 1.85 bits per heavy atom. The number of rotatable bonds is 10. The Balaban J connectivity index is 1.75. The number of alkyl halides is 4. The first-order valence-electron chi connectivity index (χ1n) is 12.8. The molecule has 4 rings (SSSR count). The van der Waals surface area contributed by atoms with E-state index < -0.39 is 47.4 Å². The summed E-state index contributed by atoms with van der Waals surface area (Å²) in [5.41, 5.74) is -0.332. The van der Waals surface area contributed by atoms with Gasteiger partial charge in [0.15, 0.2) is 11.6 Å². The maximum Gasteiger partial charge on any atom is 0.433 e. The molecule has 3 aromatic heterocycles. The minimum absolute atomic E-state index is 0.0463. The quantitative estimate of drug-likeness (QED) is 0.234. The number of ether oxygens (including phenoxy) is 1. The summed E-state index contributed by atoms with van der Waals surface area (Å²) in [5.74, 6) is -3.16. The first kappa shape index (κ1) is 30.4. The Morgan fingerprint density at radius 1 is 1.15 bits per heavy atom. The van der Waals surface area contributed by atoms with Gasteiger partial charge in [-0.05, 0) is 43.8 Å². The maximum absolute atomic E-state index is 15.1. The zero-order valence-electron chi connectivity index (χ0n) is 23.2. The van der Waals surface area contributed by atoms with Crippen LogP contribution in [-0.2, 0) is 26.2 Å². The van der Waals surface area contributed by atoms with E-state index in [9.17, 15) is 27.1 Å². The van der Waals surface area contributed by atoms with Crippen molar-refractivity contribution in [3.8, 4) is 16.9 Å². The standard InChI is InChI=1S/C28H31F6N5O2/c1-15-18(24(37-38(15)5)26(40)27(2,3)14-29)8-9-41-25-19(6-7-20(30)23(25)31)16-10-21-17(12-35-4)13-36-39(21)22(11-16)28(32,33)34/h6-7,10-11,13,26,35,40H,8-9,12,14H2,1-5H3. The number of aromatic nitrogens is 4. The minimum atomic E-state index is -4.79. The predicted molar refractivity (Wildman–Crippen MR) is 140 cm³/mol. The van der Waals surface area contributed by atoms with Crippen LogP contribution in [0.2, 0.25) is 0 Å². The van der Waals surface area contributed by atoms with E-state index in [0.717, 1.165) is 22.7 Å². The molecule has 0 radical (unpaired) electrons. The van der Waals surface area contributed by atoms with Gasteiger partial charge in [-0.1, -0.05) is 13.8 Å². The van der Waals surface area contributed by atoms with Crippen molar-refractivity contribution in [3.63, 3.8) is 0 Å². The summed E-state index contributed by atoms with van der Waals surface area (Å²) >= 11 is 0. The smallest absolute Gasteiger partial charge is 0.433 e. The second-order valence-corrected chi connectivity index (χ2v) is 10.6. The zero-order valence-corrected chi connectivity index (χ0v) is 23.2. The highest BCUT2D eigenvalue weighted by Crippen LogP contribution is 2.40. The van der Waals surface area contributed by atoms with E-state index in [1.165, 1.54) is 16.9 Å². The van der Waals surface area contributed by atoms with Gasteiger partial charge in [0.25, 0.3) is 0 Å². The lowest BCUT2D eigenvalue weighted by atomic mass is 9.84. The summed E-state index contributed by atoms with van der Waals surface area (Å²) in [6.45, 7) is 4.01. The first-order chi connectivity index (χ1) is 19.2. The third kappa shape index (κ3) is 5.78. The van der Waals surface area contributed by atoms with E-state index in [-0.39, 0.29) is 41.9 Å². The molecule has 0 aliphatic heterocycles. The number of aryl methyl sites for hydroxylation is 1. The fourth-order valence-electron chi connectivity index (χ4n) is 4.62. The Labute approximate surface area is 232 Å². The predicted octanol–water partition coefficient (Wildman–Crippen LogP) is 5.71. The molecule has 0 spiro atoms. The molecule has 4 aromatic rings. The average molecular weight is 584 g/mol. The van der Waals surface area contributed by atoms with Crippen LogP contribution >= 0.6 is 0 Å². The van der Waals surface area contributed by atoms with E-state index in [0.29, 0.717) is 16.8 Å². The molecule has 0 aliphatic carbocycles. The third-order valence-electron chi connectivity index (χ3n) is 7.15. The number of fused-ring (bicyclic) bond motifs is 1. The van der Waals surface area contributed by atoms with E-state index in [2.05, 4.69) is 15.5 Å². The van der Waals surface area contributed by atoms with E-state index in [4.69, 9.17) is 4.74 Å². The number of hydrogen-bond acceptors (Lipinski definition) is 5. The molecule has 3 heterocycles. The molecule has 0 saturated heterocycles. The molecule has 2 N–H and O–H groups in total. The summed E-state index contributed by atoms with van der Waals surface area (Å²) in [7, 11) is 3.28. The molecule has 1 aromatic carbocycles. The van der Waals surface area contributed by atoms with Crippen molar-refractivity contribution in [3.05, 3.63) is 70.3 Å². The van der Waals surface area contributed by atoms with Gasteiger partial charge in [0.2, 0.25) is 5.82 Å². The van der Waals surface area contributed by atoms with Crippen LogP contribution in [0, 0.1) is 24.0 Å². The van der Waals surface area contributed by atoms with Crippen LogP contribution in [-0.4, -0.2) is 44.8 Å². The summed E-state index contributed by atoms with van der Waals surface area (Å²) in [5, 5.41) is 21.9. The molecule has 0 aliphatic rings. The molecule has 13 heteroatoms. The molecule has 222 valence electrons. The van der Waals surface area contributed by atoms with Crippen molar-refractivity contribution in [1.29, 1.82) is 0 Å². The molecule has 0 amide bonds. The number of pyridine rings is 1. The zero-order chi connectivity index (χ0) is 30.3. The first-order valence-corrected chi connectivity index (χ1v) is 12.8. The van der Waals surface area contributed by atoms with Crippen molar-refractivity contribution in [2.24, 2.45) is 12.5 Å². The Kier molecular flexibility index (Phi) is 8.42. The highest BCUT2D eigenvalue weighted by Gasteiger charge is 2.36. The van der Waals surface area contributed by atoms with Gasteiger partial charge in [-0.25, -0.2) is 8.91 Å². The van der Waals surface area contributed by atoms with Crippen LogP contribution in [0.4, 0.5) is 26.3 Å². The van der Waals surface area contributed by atoms with Gasteiger partial charge in [0.1, 0.15) is 11.8 Å². The number of nitrogens with one attached hydrogen (secondary N) is 1. The summed E-state index contributed by atoms with van der Waals surface area (Å²) in [6, 6.07) is 4.19. The number of nitrogens with zero attached hydrogens (tertiary/aromatic N) is 4. The second-order valence-electron chi connectivity index (χ2n) is 10.6. The second kappa shape index (κ2) is 11.4. The van der Waals surface area contributed by atoms with Gasteiger partial charge in [-0.2, -0.15) is 27.8 Å². The van der Waals surface area contributed by atoms with E-state index in [1.54, 1.807) is 34.9 Å². The number of benzene rings is 1. The fraction of sp³-hybridized carbons (Fsp3) is 0.429. The minimum Gasteiger partial charge on any atom is -0.489 e.